The molecule has 0 aliphatic carbocycles. The Balaban J connectivity index is 1.66. The second kappa shape index (κ2) is 7.86. The highest BCUT2D eigenvalue weighted by Crippen LogP contribution is 2.44. The summed E-state index contributed by atoms with van der Waals surface area (Å²) in [5.41, 5.74) is -0.350. The Morgan fingerprint density at radius 3 is 2.70 bits per heavy atom. The van der Waals surface area contributed by atoms with Crippen LogP contribution in [0.4, 0.5) is 14.5 Å². The van der Waals surface area contributed by atoms with Crippen LogP contribution in [0.25, 0.3) is 11.0 Å². The number of para-hydroxylation sites is 1. The molecular formula is C24H15F2NO5S. The molecule has 6 nitrogen and oxygen atoms in total. The number of nitrogens with zero attached hydrogens (tertiary/aromatic N) is 1. The number of ether oxygens (including phenoxy) is 1. The van der Waals surface area contributed by atoms with Crippen molar-refractivity contribution in [2.75, 3.05) is 12.0 Å². The number of hydrogen-bond donors (Lipinski definition) is 1. The number of carbonyl (C=O) groups is 2. The van der Waals surface area contributed by atoms with E-state index in [1.165, 1.54) is 24.5 Å². The minimum atomic E-state index is -1.17. The highest BCUT2D eigenvalue weighted by atomic mass is 32.1. The van der Waals surface area contributed by atoms with Gasteiger partial charge in [0.05, 0.1) is 18.4 Å². The number of ketones is 1. The molecule has 0 spiro atoms. The number of hydrogen-bond acceptors (Lipinski definition) is 6. The lowest BCUT2D eigenvalue weighted by molar-refractivity contribution is -0.117. The number of aliphatic hydroxyl groups is 1. The summed E-state index contributed by atoms with van der Waals surface area (Å²) >= 11 is 1.20. The number of aliphatic hydroxyl groups excluding tert-OH is 1. The van der Waals surface area contributed by atoms with Crippen LogP contribution in [0.15, 0.2) is 75.7 Å². The fourth-order valence-electron chi connectivity index (χ4n) is 3.91. The van der Waals surface area contributed by atoms with Crippen LogP contribution >= 0.6 is 11.3 Å². The normalized spacial score (nSPS) is 16.2. The molecule has 5 rings (SSSR count). The first-order valence-electron chi connectivity index (χ1n) is 9.77. The maximum Gasteiger partial charge on any atom is 0.294 e. The van der Waals surface area contributed by atoms with E-state index in [4.69, 9.17) is 9.15 Å². The van der Waals surface area contributed by atoms with Gasteiger partial charge in [-0.25, -0.2) is 8.78 Å². The van der Waals surface area contributed by atoms with E-state index in [2.05, 4.69) is 0 Å². The lowest BCUT2D eigenvalue weighted by Crippen LogP contribution is -2.31. The van der Waals surface area contributed by atoms with Crippen molar-refractivity contribution in [2.24, 2.45) is 0 Å². The zero-order valence-electron chi connectivity index (χ0n) is 17.0. The molecule has 1 unspecified atom stereocenters. The van der Waals surface area contributed by atoms with Crippen LogP contribution in [0.2, 0.25) is 0 Å². The molecular weight excluding hydrogens is 452 g/mol. The van der Waals surface area contributed by atoms with Gasteiger partial charge in [-0.05, 0) is 35.7 Å². The average molecular weight is 467 g/mol. The zero-order valence-corrected chi connectivity index (χ0v) is 17.9. The number of amides is 1. The first kappa shape index (κ1) is 20.9. The number of thiophene rings is 1. The van der Waals surface area contributed by atoms with Crippen molar-refractivity contribution in [3.8, 4) is 5.75 Å². The molecule has 1 N–H and O–H groups in total. The van der Waals surface area contributed by atoms with Crippen molar-refractivity contribution in [2.45, 2.75) is 6.04 Å². The number of anilines is 1. The summed E-state index contributed by atoms with van der Waals surface area (Å²) < 4.78 is 39.5. The summed E-state index contributed by atoms with van der Waals surface area (Å²) in [5.74, 6) is -3.99. The van der Waals surface area contributed by atoms with E-state index in [-0.39, 0.29) is 17.0 Å². The highest BCUT2D eigenvalue weighted by molar-refractivity contribution is 7.10. The molecule has 1 atom stereocenters. The maximum atomic E-state index is 14.6. The monoisotopic (exact) mass is 467 g/mol. The van der Waals surface area contributed by atoms with E-state index in [1.807, 2.05) is 0 Å². The number of fused-ring (bicyclic) bond motifs is 1. The molecule has 33 heavy (non-hydrogen) atoms. The quantitative estimate of drug-likeness (QED) is 0.389. The Bertz CT molecular complexity index is 1440. The van der Waals surface area contributed by atoms with Gasteiger partial charge in [-0.1, -0.05) is 18.2 Å². The zero-order chi connectivity index (χ0) is 23.3. The molecule has 1 amide bonds. The summed E-state index contributed by atoms with van der Waals surface area (Å²) in [7, 11) is 1.46. The maximum absolute atomic E-state index is 14.6. The fraction of sp³-hybridized carbons (Fsp3) is 0.0833. The largest absolute Gasteiger partial charge is 0.503 e. The Morgan fingerprint density at radius 1 is 1.15 bits per heavy atom. The van der Waals surface area contributed by atoms with Crippen molar-refractivity contribution in [1.29, 1.82) is 0 Å². The van der Waals surface area contributed by atoms with Gasteiger partial charge in [-0.2, -0.15) is 0 Å². The van der Waals surface area contributed by atoms with Crippen molar-refractivity contribution >= 4 is 39.7 Å². The third-order valence-electron chi connectivity index (χ3n) is 5.38. The first-order chi connectivity index (χ1) is 15.9. The van der Waals surface area contributed by atoms with E-state index in [0.29, 0.717) is 21.6 Å². The predicted octanol–water partition coefficient (Wildman–Crippen LogP) is 5.56. The van der Waals surface area contributed by atoms with Crippen LogP contribution in [0.5, 0.6) is 5.75 Å². The van der Waals surface area contributed by atoms with E-state index < -0.39 is 35.1 Å². The molecule has 9 heteroatoms. The van der Waals surface area contributed by atoms with Gasteiger partial charge >= 0.3 is 0 Å². The molecule has 166 valence electrons. The highest BCUT2D eigenvalue weighted by Gasteiger charge is 2.46. The molecule has 1 aliphatic rings. The number of Topliss-reactive ketones (excluding diaryl/α,β-unsaturated/α-hetero) is 1. The van der Waals surface area contributed by atoms with Crippen LogP contribution in [-0.2, 0) is 4.79 Å². The third-order valence-corrected chi connectivity index (χ3v) is 6.31. The Hall–Kier alpha value is -3.98. The summed E-state index contributed by atoms with van der Waals surface area (Å²) in [6.45, 7) is 0. The topological polar surface area (TPSA) is 80.0 Å². The molecule has 0 saturated heterocycles. The van der Waals surface area contributed by atoms with Crippen LogP contribution in [0, 0.1) is 11.6 Å². The Labute approximate surface area is 189 Å². The Morgan fingerprint density at radius 2 is 1.97 bits per heavy atom. The van der Waals surface area contributed by atoms with Crippen LogP contribution < -0.4 is 9.64 Å². The molecule has 0 fully saturated rings. The smallest absolute Gasteiger partial charge is 0.294 e. The van der Waals surface area contributed by atoms with Crippen molar-refractivity contribution < 1.29 is 32.6 Å². The lowest BCUT2D eigenvalue weighted by Gasteiger charge is -2.25. The van der Waals surface area contributed by atoms with Crippen LogP contribution in [0.1, 0.15) is 21.5 Å². The molecule has 4 aromatic rings. The standard InChI is InChI=1S/C24H15F2NO5S/c1-31-16-5-2-4-12-10-17(32-23(12)16)21(28)19-20(18-6-3-9-33-18)27(24(30)22(19)29)15-11-13(25)7-8-14(15)26/h2-11,20,29H,1H3. The average Bonchev–Trinajstić information content (AvgIpc) is 3.54. The summed E-state index contributed by atoms with van der Waals surface area (Å²) in [6.07, 6.45) is 0. The van der Waals surface area contributed by atoms with Gasteiger partial charge in [0.2, 0.25) is 5.78 Å². The molecule has 3 heterocycles. The van der Waals surface area contributed by atoms with E-state index in [0.717, 1.165) is 23.1 Å². The van der Waals surface area contributed by atoms with Gasteiger partial charge in [-0.15, -0.1) is 11.3 Å². The van der Waals surface area contributed by atoms with Crippen molar-refractivity contribution in [3.05, 3.63) is 93.6 Å². The van der Waals surface area contributed by atoms with E-state index >= 15 is 0 Å². The number of methoxy groups -OCH3 is 1. The first-order valence-corrected chi connectivity index (χ1v) is 10.6. The van der Waals surface area contributed by atoms with Crippen molar-refractivity contribution in [1.82, 2.24) is 0 Å². The van der Waals surface area contributed by atoms with Crippen molar-refractivity contribution in [3.63, 3.8) is 0 Å². The van der Waals surface area contributed by atoms with Gasteiger partial charge < -0.3 is 14.3 Å². The fourth-order valence-corrected chi connectivity index (χ4v) is 4.74. The van der Waals surface area contributed by atoms with Crippen LogP contribution in [-0.4, -0.2) is 23.9 Å². The molecule has 1 aliphatic heterocycles. The summed E-state index contributed by atoms with van der Waals surface area (Å²) in [4.78, 5) is 27.9. The number of halogens is 2. The van der Waals surface area contributed by atoms with Gasteiger partial charge in [0.1, 0.15) is 17.7 Å². The molecule has 0 radical (unpaired) electrons. The second-order valence-corrected chi connectivity index (χ2v) is 8.25. The van der Waals surface area contributed by atoms with Gasteiger partial charge in [0, 0.05) is 16.3 Å². The second-order valence-electron chi connectivity index (χ2n) is 7.27. The lowest BCUT2D eigenvalue weighted by atomic mass is 10.00. The summed E-state index contributed by atoms with van der Waals surface area (Å²) in [5, 5.41) is 13.0. The minimum Gasteiger partial charge on any atom is -0.503 e. The summed E-state index contributed by atoms with van der Waals surface area (Å²) in [6, 6.07) is 11.4. The van der Waals surface area contributed by atoms with E-state index in [1.54, 1.807) is 35.7 Å². The minimum absolute atomic E-state index is 0.132. The predicted molar refractivity (Wildman–Crippen MR) is 118 cm³/mol. The molecule has 2 aromatic heterocycles. The van der Waals surface area contributed by atoms with E-state index in [9.17, 15) is 23.5 Å². The Kier molecular flexibility index (Phi) is 4.98. The van der Waals surface area contributed by atoms with Gasteiger partial charge in [-0.3, -0.25) is 14.5 Å². The number of furan rings is 1. The number of benzene rings is 2. The SMILES string of the molecule is COc1cccc2cc(C(=O)C3=C(O)C(=O)N(c4cc(F)ccc4F)C3c3cccs3)oc12. The molecule has 0 saturated carbocycles. The number of rotatable bonds is 5. The molecule has 0 bridgehead atoms. The number of carbonyl (C=O) groups excluding carboxylic acids is 2. The van der Waals surface area contributed by atoms with Gasteiger partial charge in [0.25, 0.3) is 5.91 Å². The molecule has 2 aromatic carbocycles. The van der Waals surface area contributed by atoms with Crippen LogP contribution in [0.3, 0.4) is 0 Å². The third kappa shape index (κ3) is 3.28. The van der Waals surface area contributed by atoms with Gasteiger partial charge in [0.15, 0.2) is 22.9 Å².